The minimum atomic E-state index is -0.421. The first kappa shape index (κ1) is 16.1. The van der Waals surface area contributed by atoms with Crippen LogP contribution in [-0.4, -0.2) is 27.2 Å². The third kappa shape index (κ3) is 3.50. The van der Waals surface area contributed by atoms with E-state index in [2.05, 4.69) is 10.1 Å². The molecule has 0 radical (unpaired) electrons. The number of hydrogen-bond donors (Lipinski definition) is 0. The van der Waals surface area contributed by atoms with Crippen LogP contribution >= 0.6 is 0 Å². The Kier molecular flexibility index (Phi) is 4.90. The van der Waals surface area contributed by atoms with Crippen LogP contribution in [0.5, 0.6) is 0 Å². The monoisotopic (exact) mass is 304 g/mol. The molecule has 6 heteroatoms. The predicted molar refractivity (Wildman–Crippen MR) is 83.5 cm³/mol. The molecule has 118 valence electrons. The molecule has 2 rings (SSSR count). The maximum atomic E-state index is 13.3. The molecule has 22 heavy (non-hydrogen) atoms. The van der Waals surface area contributed by atoms with Gasteiger partial charge in [0.25, 0.3) is 0 Å². The summed E-state index contributed by atoms with van der Waals surface area (Å²) in [5.41, 5.74) is 2.00. The Labute approximate surface area is 129 Å². The number of anilines is 1. The first-order valence-electron chi connectivity index (χ1n) is 7.40. The minimum absolute atomic E-state index is 0.0671. The Morgan fingerprint density at radius 1 is 1.41 bits per heavy atom. The van der Waals surface area contributed by atoms with Crippen molar-refractivity contribution < 1.29 is 9.18 Å². The zero-order valence-electron chi connectivity index (χ0n) is 13.4. The van der Waals surface area contributed by atoms with Crippen molar-refractivity contribution in [2.24, 2.45) is 5.92 Å². The fourth-order valence-corrected chi connectivity index (χ4v) is 2.31. The van der Waals surface area contributed by atoms with Crippen LogP contribution in [0.2, 0.25) is 0 Å². The van der Waals surface area contributed by atoms with Crippen LogP contribution in [0.15, 0.2) is 24.7 Å². The number of nitrogens with zero attached hydrogens (tertiary/aromatic N) is 4. The molecular formula is C16H21FN4O. The molecule has 2 heterocycles. The van der Waals surface area contributed by atoms with Gasteiger partial charge in [-0.1, -0.05) is 13.8 Å². The summed E-state index contributed by atoms with van der Waals surface area (Å²) in [7, 11) is 0. The Morgan fingerprint density at radius 2 is 2.14 bits per heavy atom. The molecule has 0 aliphatic heterocycles. The van der Waals surface area contributed by atoms with Crippen LogP contribution in [0.1, 0.15) is 32.9 Å². The number of hydrogen-bond acceptors (Lipinski definition) is 3. The predicted octanol–water partition coefficient (Wildman–Crippen LogP) is 3.11. The number of halogens is 1. The largest absolute Gasteiger partial charge is 0.310 e. The van der Waals surface area contributed by atoms with Gasteiger partial charge in [0.2, 0.25) is 5.91 Å². The third-order valence-electron chi connectivity index (χ3n) is 3.32. The van der Waals surface area contributed by atoms with Crippen molar-refractivity contribution in [3.05, 3.63) is 36.2 Å². The Balaban J connectivity index is 2.34. The normalized spacial score (nSPS) is 11.0. The third-order valence-corrected chi connectivity index (χ3v) is 3.32. The van der Waals surface area contributed by atoms with Gasteiger partial charge >= 0.3 is 0 Å². The molecule has 0 unspecified atom stereocenters. The average Bonchev–Trinajstić information content (AvgIpc) is 2.81. The van der Waals surface area contributed by atoms with Gasteiger partial charge in [-0.05, 0) is 19.8 Å². The van der Waals surface area contributed by atoms with Gasteiger partial charge in [-0.25, -0.2) is 9.07 Å². The summed E-state index contributed by atoms with van der Waals surface area (Å²) in [6.07, 6.45) is 4.91. The lowest BCUT2D eigenvalue weighted by molar-refractivity contribution is -0.119. The molecular weight excluding hydrogens is 283 g/mol. The van der Waals surface area contributed by atoms with E-state index < -0.39 is 5.82 Å². The highest BCUT2D eigenvalue weighted by atomic mass is 19.1. The van der Waals surface area contributed by atoms with E-state index in [1.807, 2.05) is 27.7 Å². The molecule has 0 fully saturated rings. The molecule has 0 N–H and O–H groups in total. The lowest BCUT2D eigenvalue weighted by Gasteiger charge is -2.21. The number of pyridine rings is 1. The van der Waals surface area contributed by atoms with E-state index in [0.717, 1.165) is 17.6 Å². The highest BCUT2D eigenvalue weighted by molar-refractivity contribution is 5.93. The SMILES string of the molecule is CCN(C(=O)CC(C)C)c1cn(-c2cncc(F)c2)nc1C. The molecule has 2 aromatic heterocycles. The molecule has 0 atom stereocenters. The molecule has 0 saturated carbocycles. The Morgan fingerprint density at radius 3 is 2.73 bits per heavy atom. The second-order valence-corrected chi connectivity index (χ2v) is 5.64. The van der Waals surface area contributed by atoms with Gasteiger partial charge in [-0.2, -0.15) is 5.10 Å². The van der Waals surface area contributed by atoms with Crippen molar-refractivity contribution in [1.82, 2.24) is 14.8 Å². The Bertz CT molecular complexity index is 666. The lowest BCUT2D eigenvalue weighted by Crippen LogP contribution is -2.31. The van der Waals surface area contributed by atoms with Crippen LogP contribution in [0.25, 0.3) is 5.69 Å². The molecule has 2 aromatic rings. The molecule has 0 aliphatic rings. The number of carbonyl (C=O) groups excluding carboxylic acids is 1. The number of carbonyl (C=O) groups is 1. The van der Waals surface area contributed by atoms with Crippen molar-refractivity contribution in [1.29, 1.82) is 0 Å². The summed E-state index contributed by atoms with van der Waals surface area (Å²) in [6, 6.07) is 1.36. The number of amides is 1. The maximum Gasteiger partial charge on any atom is 0.227 e. The smallest absolute Gasteiger partial charge is 0.227 e. The summed E-state index contributed by atoms with van der Waals surface area (Å²) < 4.78 is 14.8. The molecule has 0 spiro atoms. The van der Waals surface area contributed by atoms with Crippen LogP contribution in [-0.2, 0) is 4.79 Å². The van der Waals surface area contributed by atoms with E-state index in [1.165, 1.54) is 12.3 Å². The minimum Gasteiger partial charge on any atom is -0.310 e. The van der Waals surface area contributed by atoms with Gasteiger partial charge < -0.3 is 4.90 Å². The van der Waals surface area contributed by atoms with Crippen molar-refractivity contribution >= 4 is 11.6 Å². The van der Waals surface area contributed by atoms with E-state index in [9.17, 15) is 9.18 Å². The number of aromatic nitrogens is 3. The molecule has 0 saturated heterocycles. The van der Waals surface area contributed by atoms with Gasteiger partial charge in [0.1, 0.15) is 5.82 Å². The standard InChI is InChI=1S/C16H21FN4O/c1-5-20(16(22)6-11(2)3)15-10-21(19-12(15)4)14-7-13(17)8-18-9-14/h7-11H,5-6H2,1-4H3. The van der Waals surface area contributed by atoms with Gasteiger partial charge in [-0.15, -0.1) is 0 Å². The van der Waals surface area contributed by atoms with Gasteiger partial charge in [0, 0.05) is 19.0 Å². The maximum absolute atomic E-state index is 13.3. The zero-order chi connectivity index (χ0) is 16.3. The van der Waals surface area contributed by atoms with E-state index >= 15 is 0 Å². The highest BCUT2D eigenvalue weighted by Gasteiger charge is 2.19. The van der Waals surface area contributed by atoms with E-state index in [0.29, 0.717) is 24.6 Å². The van der Waals surface area contributed by atoms with Crippen LogP contribution in [0, 0.1) is 18.7 Å². The second kappa shape index (κ2) is 6.68. The van der Waals surface area contributed by atoms with Crippen molar-refractivity contribution in [3.8, 4) is 5.69 Å². The first-order chi connectivity index (χ1) is 10.4. The fraction of sp³-hybridized carbons (Fsp3) is 0.438. The lowest BCUT2D eigenvalue weighted by atomic mass is 10.1. The van der Waals surface area contributed by atoms with Gasteiger partial charge in [0.15, 0.2) is 0 Å². The molecule has 0 bridgehead atoms. The summed E-state index contributed by atoms with van der Waals surface area (Å²) in [6.45, 7) is 8.36. The fourth-order valence-electron chi connectivity index (χ4n) is 2.31. The van der Waals surface area contributed by atoms with Crippen molar-refractivity contribution in [3.63, 3.8) is 0 Å². The molecule has 0 aliphatic carbocycles. The number of aryl methyl sites for hydroxylation is 1. The van der Waals surface area contributed by atoms with E-state index in [4.69, 9.17) is 0 Å². The highest BCUT2D eigenvalue weighted by Crippen LogP contribution is 2.22. The zero-order valence-corrected chi connectivity index (χ0v) is 13.4. The molecule has 1 amide bonds. The summed E-state index contributed by atoms with van der Waals surface area (Å²) in [5, 5.41) is 4.37. The van der Waals surface area contributed by atoms with Crippen LogP contribution in [0.3, 0.4) is 0 Å². The van der Waals surface area contributed by atoms with Crippen molar-refractivity contribution in [2.45, 2.75) is 34.1 Å². The molecule has 0 aromatic carbocycles. The average molecular weight is 304 g/mol. The Hall–Kier alpha value is -2.24. The summed E-state index contributed by atoms with van der Waals surface area (Å²) >= 11 is 0. The quantitative estimate of drug-likeness (QED) is 0.853. The summed E-state index contributed by atoms with van der Waals surface area (Å²) in [5.74, 6) is -0.0581. The van der Waals surface area contributed by atoms with Crippen LogP contribution in [0.4, 0.5) is 10.1 Å². The topological polar surface area (TPSA) is 51.0 Å². The first-order valence-corrected chi connectivity index (χ1v) is 7.40. The van der Waals surface area contributed by atoms with Gasteiger partial charge in [-0.3, -0.25) is 9.78 Å². The summed E-state index contributed by atoms with van der Waals surface area (Å²) in [4.78, 5) is 17.9. The number of rotatable bonds is 5. The van der Waals surface area contributed by atoms with Gasteiger partial charge in [0.05, 0.1) is 35.7 Å². The van der Waals surface area contributed by atoms with E-state index in [-0.39, 0.29) is 5.91 Å². The second-order valence-electron chi connectivity index (χ2n) is 5.64. The van der Waals surface area contributed by atoms with Crippen LogP contribution < -0.4 is 4.90 Å². The molecule has 5 nitrogen and oxygen atoms in total. The van der Waals surface area contributed by atoms with E-state index in [1.54, 1.807) is 15.8 Å². The van der Waals surface area contributed by atoms with Crippen molar-refractivity contribution in [2.75, 3.05) is 11.4 Å².